The first-order valence-corrected chi connectivity index (χ1v) is 8.90. The van der Waals surface area contributed by atoms with Gasteiger partial charge in [-0.25, -0.2) is 0 Å². The number of hydrogen-bond acceptors (Lipinski definition) is 2. The molecule has 0 aliphatic carbocycles. The van der Waals surface area contributed by atoms with Crippen molar-refractivity contribution in [2.75, 3.05) is 4.90 Å². The number of benzene rings is 2. The van der Waals surface area contributed by atoms with Gasteiger partial charge >= 0.3 is 0 Å². The van der Waals surface area contributed by atoms with Crippen LogP contribution in [0.25, 0.3) is 10.9 Å². The predicted molar refractivity (Wildman–Crippen MR) is 107 cm³/mol. The summed E-state index contributed by atoms with van der Waals surface area (Å²) in [6.45, 7) is 8.09. The molecule has 1 aromatic heterocycles. The van der Waals surface area contributed by atoms with Gasteiger partial charge in [-0.15, -0.1) is 0 Å². The van der Waals surface area contributed by atoms with Crippen LogP contribution in [-0.4, -0.2) is 10.9 Å². The largest absolute Gasteiger partial charge is 0.321 e. The molecule has 0 saturated heterocycles. The molecule has 1 heterocycles. The molecule has 134 valence electrons. The Labute approximate surface area is 153 Å². The monoisotopic (exact) mass is 348 g/mol. The number of nitrogens with one attached hydrogen (secondary N) is 1. The van der Waals surface area contributed by atoms with Crippen LogP contribution in [0.15, 0.2) is 47.3 Å². The molecule has 1 N–H and O–H groups in total. The minimum absolute atomic E-state index is 0.000641. The molecule has 0 fully saturated rings. The number of pyridine rings is 1. The lowest BCUT2D eigenvalue weighted by Crippen LogP contribution is -2.32. The zero-order valence-electron chi connectivity index (χ0n) is 15.7. The SMILES string of the molecule is CCC(=O)N(Cc1cc2cccc(C)c2[nH]c1=O)c1ccc(C)cc1C. The van der Waals surface area contributed by atoms with Crippen LogP contribution >= 0.6 is 0 Å². The number of para-hydroxylation sites is 1. The van der Waals surface area contributed by atoms with Crippen LogP contribution in [0.3, 0.4) is 0 Å². The summed E-state index contributed by atoms with van der Waals surface area (Å²) < 4.78 is 0. The lowest BCUT2D eigenvalue weighted by Gasteiger charge is -2.24. The molecule has 4 nitrogen and oxygen atoms in total. The van der Waals surface area contributed by atoms with E-state index in [1.807, 2.05) is 64.1 Å². The lowest BCUT2D eigenvalue weighted by atomic mass is 10.1. The maximum Gasteiger partial charge on any atom is 0.253 e. The normalized spacial score (nSPS) is 10.9. The second kappa shape index (κ2) is 7.16. The molecule has 0 aliphatic heterocycles. The van der Waals surface area contributed by atoms with Crippen LogP contribution < -0.4 is 10.5 Å². The second-order valence-corrected chi connectivity index (χ2v) is 6.79. The van der Waals surface area contributed by atoms with E-state index >= 15 is 0 Å². The molecule has 3 aromatic rings. The Morgan fingerprint density at radius 1 is 1.04 bits per heavy atom. The number of carbonyl (C=O) groups is 1. The predicted octanol–water partition coefficient (Wildman–Crippen LogP) is 4.40. The zero-order valence-corrected chi connectivity index (χ0v) is 15.7. The molecule has 0 radical (unpaired) electrons. The highest BCUT2D eigenvalue weighted by molar-refractivity contribution is 5.94. The van der Waals surface area contributed by atoms with E-state index < -0.39 is 0 Å². The summed E-state index contributed by atoms with van der Waals surface area (Å²) in [5, 5.41) is 0.976. The minimum atomic E-state index is -0.148. The number of carbonyl (C=O) groups excluding carboxylic acids is 1. The number of aromatic amines is 1. The molecule has 4 heteroatoms. The van der Waals surface area contributed by atoms with Gasteiger partial charge in [0, 0.05) is 17.7 Å². The second-order valence-electron chi connectivity index (χ2n) is 6.79. The summed E-state index contributed by atoms with van der Waals surface area (Å²) >= 11 is 0. The van der Waals surface area contributed by atoms with Gasteiger partial charge in [-0.2, -0.15) is 0 Å². The number of aromatic nitrogens is 1. The van der Waals surface area contributed by atoms with Crippen LogP contribution in [0.4, 0.5) is 5.69 Å². The number of rotatable bonds is 4. The van der Waals surface area contributed by atoms with Gasteiger partial charge in [0.15, 0.2) is 0 Å². The number of nitrogens with zero attached hydrogens (tertiary/aromatic N) is 1. The summed E-state index contributed by atoms with van der Waals surface area (Å²) in [6, 6.07) is 13.8. The van der Waals surface area contributed by atoms with Crippen molar-refractivity contribution in [3.63, 3.8) is 0 Å². The third-order valence-electron chi connectivity index (χ3n) is 4.74. The van der Waals surface area contributed by atoms with Gasteiger partial charge in [-0.3, -0.25) is 9.59 Å². The van der Waals surface area contributed by atoms with Gasteiger partial charge in [0.1, 0.15) is 0 Å². The quantitative estimate of drug-likeness (QED) is 0.760. The third-order valence-corrected chi connectivity index (χ3v) is 4.74. The van der Waals surface area contributed by atoms with E-state index in [0.29, 0.717) is 12.0 Å². The topological polar surface area (TPSA) is 53.2 Å². The molecule has 0 saturated carbocycles. The van der Waals surface area contributed by atoms with Crippen molar-refractivity contribution in [2.45, 2.75) is 40.7 Å². The molecule has 1 amide bonds. The first kappa shape index (κ1) is 17.9. The molecule has 0 bridgehead atoms. The van der Waals surface area contributed by atoms with E-state index in [0.717, 1.165) is 33.3 Å². The van der Waals surface area contributed by atoms with Crippen molar-refractivity contribution >= 4 is 22.5 Å². The highest BCUT2D eigenvalue weighted by atomic mass is 16.2. The Hall–Kier alpha value is -2.88. The molecule has 0 atom stereocenters. The molecule has 26 heavy (non-hydrogen) atoms. The Balaban J connectivity index is 2.07. The number of hydrogen-bond donors (Lipinski definition) is 1. The summed E-state index contributed by atoms with van der Waals surface area (Å²) in [5.74, 6) is 0.000641. The lowest BCUT2D eigenvalue weighted by molar-refractivity contribution is -0.118. The van der Waals surface area contributed by atoms with Crippen LogP contribution in [0.5, 0.6) is 0 Å². The molecule has 2 aromatic carbocycles. The maximum absolute atomic E-state index is 12.6. The van der Waals surface area contributed by atoms with Crippen LogP contribution in [-0.2, 0) is 11.3 Å². The summed E-state index contributed by atoms with van der Waals surface area (Å²) in [4.78, 5) is 29.9. The van der Waals surface area contributed by atoms with Crippen LogP contribution in [0, 0.1) is 20.8 Å². The Morgan fingerprint density at radius 2 is 1.81 bits per heavy atom. The standard InChI is InChI=1S/C22H24N2O2/c1-5-20(25)24(19-10-9-14(2)11-16(19)4)13-18-12-17-8-6-7-15(3)21(17)23-22(18)26/h6-12H,5,13H2,1-4H3,(H,23,26). The molecule has 0 aliphatic rings. The molecule has 0 unspecified atom stereocenters. The van der Waals surface area contributed by atoms with Crippen molar-refractivity contribution in [1.82, 2.24) is 4.98 Å². The van der Waals surface area contributed by atoms with E-state index in [4.69, 9.17) is 0 Å². The molecule has 0 spiro atoms. The Kier molecular flexibility index (Phi) is 4.94. The smallest absolute Gasteiger partial charge is 0.253 e. The van der Waals surface area contributed by atoms with E-state index in [-0.39, 0.29) is 18.0 Å². The van der Waals surface area contributed by atoms with Crippen LogP contribution in [0.2, 0.25) is 0 Å². The number of anilines is 1. The fourth-order valence-electron chi connectivity index (χ4n) is 3.32. The number of aryl methyl sites for hydroxylation is 3. The number of H-pyrrole nitrogens is 1. The minimum Gasteiger partial charge on any atom is -0.321 e. The van der Waals surface area contributed by atoms with Gasteiger partial charge in [0.2, 0.25) is 5.91 Å². The average Bonchev–Trinajstić information content (AvgIpc) is 2.61. The molecular formula is C22H24N2O2. The number of amides is 1. The van der Waals surface area contributed by atoms with E-state index in [9.17, 15) is 9.59 Å². The van der Waals surface area contributed by atoms with Crippen molar-refractivity contribution in [2.24, 2.45) is 0 Å². The maximum atomic E-state index is 12.6. The van der Waals surface area contributed by atoms with Crippen molar-refractivity contribution in [3.8, 4) is 0 Å². The zero-order chi connectivity index (χ0) is 18.8. The van der Waals surface area contributed by atoms with E-state index in [2.05, 4.69) is 11.1 Å². The molecular weight excluding hydrogens is 324 g/mol. The summed E-state index contributed by atoms with van der Waals surface area (Å²) in [6.07, 6.45) is 0.387. The Bertz CT molecular complexity index is 1030. The summed E-state index contributed by atoms with van der Waals surface area (Å²) in [7, 11) is 0. The highest BCUT2D eigenvalue weighted by Crippen LogP contribution is 2.24. The number of fused-ring (bicyclic) bond motifs is 1. The van der Waals surface area contributed by atoms with Gasteiger partial charge < -0.3 is 9.88 Å². The summed E-state index contributed by atoms with van der Waals surface area (Å²) in [5.41, 5.74) is 5.35. The van der Waals surface area contributed by atoms with Crippen LogP contribution in [0.1, 0.15) is 35.6 Å². The third kappa shape index (κ3) is 3.40. The van der Waals surface area contributed by atoms with E-state index in [1.54, 1.807) is 4.90 Å². The first-order valence-electron chi connectivity index (χ1n) is 8.90. The fraction of sp³-hybridized carbons (Fsp3) is 0.273. The van der Waals surface area contributed by atoms with Crippen molar-refractivity contribution in [3.05, 3.63) is 75.1 Å². The van der Waals surface area contributed by atoms with Gasteiger partial charge in [0.25, 0.3) is 5.56 Å². The van der Waals surface area contributed by atoms with Crippen molar-refractivity contribution in [1.29, 1.82) is 0 Å². The van der Waals surface area contributed by atoms with Gasteiger partial charge in [-0.05, 0) is 49.4 Å². The van der Waals surface area contributed by atoms with Crippen molar-refractivity contribution < 1.29 is 4.79 Å². The van der Waals surface area contributed by atoms with Gasteiger partial charge in [-0.1, -0.05) is 42.8 Å². The first-order chi connectivity index (χ1) is 12.4. The average molecular weight is 348 g/mol. The van der Waals surface area contributed by atoms with Gasteiger partial charge in [0.05, 0.1) is 12.1 Å². The van der Waals surface area contributed by atoms with E-state index in [1.165, 1.54) is 0 Å². The highest BCUT2D eigenvalue weighted by Gasteiger charge is 2.18. The Morgan fingerprint density at radius 3 is 2.50 bits per heavy atom. The molecule has 3 rings (SSSR count). The fourth-order valence-corrected chi connectivity index (χ4v) is 3.32.